The molecule has 0 aliphatic carbocycles. The zero-order valence-corrected chi connectivity index (χ0v) is 20.4. The lowest BCUT2D eigenvalue weighted by atomic mass is 10.1. The van der Waals surface area contributed by atoms with Crippen LogP contribution in [0, 0.1) is 0 Å². The Hall–Kier alpha value is -4.37. The van der Waals surface area contributed by atoms with Crippen molar-refractivity contribution >= 4 is 44.9 Å². The Labute approximate surface area is 210 Å². The van der Waals surface area contributed by atoms with E-state index in [9.17, 15) is 4.79 Å². The van der Waals surface area contributed by atoms with Gasteiger partial charge >= 0.3 is 0 Å². The third-order valence-electron chi connectivity index (χ3n) is 6.12. The molecule has 36 heavy (non-hydrogen) atoms. The molecule has 9 heteroatoms. The number of H-pyrrole nitrogens is 2. The number of amides is 1. The summed E-state index contributed by atoms with van der Waals surface area (Å²) in [6.07, 6.45) is 11.3. The Morgan fingerprint density at radius 3 is 2.78 bits per heavy atom. The fourth-order valence-corrected chi connectivity index (χ4v) is 5.05. The summed E-state index contributed by atoms with van der Waals surface area (Å²) in [5, 5.41) is 14.6. The summed E-state index contributed by atoms with van der Waals surface area (Å²) in [4.78, 5) is 30.1. The molecule has 0 atom stereocenters. The molecule has 8 nitrogen and oxygen atoms in total. The summed E-state index contributed by atoms with van der Waals surface area (Å²) in [6.45, 7) is 2.07. The highest BCUT2D eigenvalue weighted by Crippen LogP contribution is 2.35. The third kappa shape index (κ3) is 4.14. The molecular weight excluding hydrogens is 470 g/mol. The van der Waals surface area contributed by atoms with Crippen LogP contribution in [0.4, 0.5) is 5.69 Å². The normalized spacial score (nSPS) is 11.4. The van der Waals surface area contributed by atoms with Crippen molar-refractivity contribution in [1.29, 1.82) is 0 Å². The first kappa shape index (κ1) is 22.1. The van der Waals surface area contributed by atoms with Gasteiger partial charge in [-0.1, -0.05) is 19.4 Å². The van der Waals surface area contributed by atoms with Crippen LogP contribution in [0.3, 0.4) is 0 Å². The number of anilines is 1. The Bertz CT molecular complexity index is 1680. The van der Waals surface area contributed by atoms with Crippen LogP contribution in [0.1, 0.15) is 26.2 Å². The van der Waals surface area contributed by atoms with Crippen LogP contribution in [0.25, 0.3) is 54.9 Å². The SMILES string of the molecule is CCCCC(=O)Nc1cncc(-c2cnc3[nH]nc(-c4cc5c(-c6cccs6)cncc5[nH]4)c3c2)c1. The summed E-state index contributed by atoms with van der Waals surface area (Å²) >= 11 is 1.69. The molecule has 0 aliphatic rings. The van der Waals surface area contributed by atoms with Gasteiger partial charge in [-0.3, -0.25) is 19.9 Å². The lowest BCUT2D eigenvalue weighted by molar-refractivity contribution is -0.116. The van der Waals surface area contributed by atoms with Gasteiger partial charge in [-0.15, -0.1) is 11.3 Å². The van der Waals surface area contributed by atoms with Crippen LogP contribution in [0.5, 0.6) is 0 Å². The maximum Gasteiger partial charge on any atom is 0.224 e. The van der Waals surface area contributed by atoms with Crippen molar-refractivity contribution in [3.05, 3.63) is 66.7 Å². The minimum atomic E-state index is -0.00304. The average Bonchev–Trinajstić information content (AvgIpc) is 3.66. The highest BCUT2D eigenvalue weighted by atomic mass is 32.1. The molecular formula is C27H23N7OS. The Balaban J connectivity index is 1.37. The zero-order chi connectivity index (χ0) is 24.5. The molecule has 0 saturated carbocycles. The number of fused-ring (bicyclic) bond motifs is 2. The molecule has 6 aromatic rings. The van der Waals surface area contributed by atoms with Gasteiger partial charge in [-0.05, 0) is 36.1 Å². The molecule has 0 unspecified atom stereocenters. The number of hydrogen-bond donors (Lipinski definition) is 3. The van der Waals surface area contributed by atoms with Gasteiger partial charge in [-0.25, -0.2) is 4.98 Å². The number of nitrogens with one attached hydrogen (secondary N) is 3. The maximum atomic E-state index is 12.2. The summed E-state index contributed by atoms with van der Waals surface area (Å²) in [5.41, 5.74) is 6.83. The number of aromatic nitrogens is 6. The molecule has 0 aromatic carbocycles. The van der Waals surface area contributed by atoms with Gasteiger partial charge in [0.05, 0.1) is 29.3 Å². The van der Waals surface area contributed by atoms with Crippen molar-refractivity contribution < 1.29 is 4.79 Å². The number of nitrogens with zero attached hydrogens (tertiary/aromatic N) is 4. The van der Waals surface area contributed by atoms with Gasteiger partial charge in [0.1, 0.15) is 5.69 Å². The van der Waals surface area contributed by atoms with Gasteiger partial charge in [-0.2, -0.15) is 5.10 Å². The predicted octanol–water partition coefficient (Wildman–Crippen LogP) is 6.42. The number of carbonyl (C=O) groups excluding carboxylic acids is 1. The standard InChI is InChI=1S/C27H23N7OS/c1-2-3-6-25(35)31-18-8-16(11-28-13-18)17-9-20-26(33-34-27(20)30-12-17)22-10-19-21(24-5-4-7-36-24)14-29-15-23(19)32-22/h4-5,7-15,32H,2-3,6H2,1H3,(H,31,35)(H,30,33,34). The second-order valence-electron chi connectivity index (χ2n) is 8.62. The monoisotopic (exact) mass is 493 g/mol. The van der Waals surface area contributed by atoms with Crippen molar-refractivity contribution in [2.75, 3.05) is 5.32 Å². The second-order valence-corrected chi connectivity index (χ2v) is 9.56. The minimum Gasteiger partial charge on any atom is -0.352 e. The predicted molar refractivity (Wildman–Crippen MR) is 144 cm³/mol. The van der Waals surface area contributed by atoms with Crippen molar-refractivity contribution in [2.24, 2.45) is 0 Å². The summed E-state index contributed by atoms with van der Waals surface area (Å²) in [7, 11) is 0. The Morgan fingerprint density at radius 1 is 1.03 bits per heavy atom. The summed E-state index contributed by atoms with van der Waals surface area (Å²) < 4.78 is 0. The molecule has 3 N–H and O–H groups in total. The highest BCUT2D eigenvalue weighted by Gasteiger charge is 2.16. The van der Waals surface area contributed by atoms with E-state index in [-0.39, 0.29) is 5.91 Å². The van der Waals surface area contributed by atoms with E-state index in [1.54, 1.807) is 29.9 Å². The highest BCUT2D eigenvalue weighted by molar-refractivity contribution is 7.13. The van der Waals surface area contributed by atoms with Gasteiger partial charge in [0.2, 0.25) is 5.91 Å². The summed E-state index contributed by atoms with van der Waals surface area (Å²) in [5.74, 6) is -0.00304. The van der Waals surface area contributed by atoms with E-state index < -0.39 is 0 Å². The van der Waals surface area contributed by atoms with Crippen LogP contribution in [0.2, 0.25) is 0 Å². The van der Waals surface area contributed by atoms with Gasteiger partial charge in [0.25, 0.3) is 0 Å². The van der Waals surface area contributed by atoms with E-state index in [2.05, 4.69) is 59.9 Å². The fourth-order valence-electron chi connectivity index (χ4n) is 4.30. The maximum absolute atomic E-state index is 12.2. The van der Waals surface area contributed by atoms with Crippen LogP contribution >= 0.6 is 11.3 Å². The van der Waals surface area contributed by atoms with Crippen molar-refractivity contribution in [3.8, 4) is 33.0 Å². The van der Waals surface area contributed by atoms with Crippen LogP contribution in [0.15, 0.2) is 66.7 Å². The van der Waals surface area contributed by atoms with Crippen LogP contribution in [-0.2, 0) is 4.79 Å². The number of hydrogen-bond acceptors (Lipinski definition) is 6. The molecule has 0 radical (unpaired) electrons. The molecule has 178 valence electrons. The molecule has 6 rings (SSSR count). The van der Waals surface area contributed by atoms with E-state index >= 15 is 0 Å². The number of pyridine rings is 3. The molecule has 0 aliphatic heterocycles. The first-order chi connectivity index (χ1) is 17.7. The molecule has 0 spiro atoms. The van der Waals surface area contributed by atoms with E-state index in [0.29, 0.717) is 17.8 Å². The van der Waals surface area contributed by atoms with Gasteiger partial charge in [0.15, 0.2) is 5.65 Å². The van der Waals surface area contributed by atoms with Crippen molar-refractivity contribution in [1.82, 2.24) is 30.1 Å². The van der Waals surface area contributed by atoms with E-state index in [1.807, 2.05) is 30.6 Å². The van der Waals surface area contributed by atoms with Crippen LogP contribution < -0.4 is 5.32 Å². The molecule has 0 fully saturated rings. The fraction of sp³-hybridized carbons (Fsp3) is 0.148. The number of carbonyl (C=O) groups is 1. The lowest BCUT2D eigenvalue weighted by Crippen LogP contribution is -2.11. The molecule has 0 saturated heterocycles. The number of thiophene rings is 1. The molecule has 6 aromatic heterocycles. The lowest BCUT2D eigenvalue weighted by Gasteiger charge is -2.07. The quantitative estimate of drug-likeness (QED) is 0.237. The molecule has 6 heterocycles. The second kappa shape index (κ2) is 9.35. The first-order valence-electron chi connectivity index (χ1n) is 11.8. The van der Waals surface area contributed by atoms with Crippen molar-refractivity contribution in [2.45, 2.75) is 26.2 Å². The van der Waals surface area contributed by atoms with Gasteiger partial charge in [0, 0.05) is 57.4 Å². The molecule has 0 bridgehead atoms. The Kier molecular flexibility index (Phi) is 5.74. The zero-order valence-electron chi connectivity index (χ0n) is 19.6. The smallest absolute Gasteiger partial charge is 0.224 e. The van der Waals surface area contributed by atoms with E-state index in [4.69, 9.17) is 0 Å². The number of unbranched alkanes of at least 4 members (excludes halogenated alkanes) is 1. The number of rotatable bonds is 7. The largest absolute Gasteiger partial charge is 0.352 e. The van der Waals surface area contributed by atoms with E-state index in [1.165, 1.54) is 4.88 Å². The van der Waals surface area contributed by atoms with Gasteiger partial charge < -0.3 is 10.3 Å². The minimum absolute atomic E-state index is 0.00304. The number of aromatic amines is 2. The molecule has 1 amide bonds. The first-order valence-corrected chi connectivity index (χ1v) is 12.7. The third-order valence-corrected chi connectivity index (χ3v) is 7.02. The van der Waals surface area contributed by atoms with Crippen LogP contribution in [-0.4, -0.2) is 36.0 Å². The Morgan fingerprint density at radius 2 is 1.92 bits per heavy atom. The average molecular weight is 494 g/mol. The summed E-state index contributed by atoms with van der Waals surface area (Å²) in [6, 6.07) is 10.2. The van der Waals surface area contributed by atoms with Crippen molar-refractivity contribution in [3.63, 3.8) is 0 Å². The van der Waals surface area contributed by atoms with E-state index in [0.717, 1.165) is 57.2 Å². The topological polar surface area (TPSA) is 112 Å².